The summed E-state index contributed by atoms with van der Waals surface area (Å²) in [6, 6.07) is 3.43. The molecule has 1 saturated carbocycles. The fourth-order valence-corrected chi connectivity index (χ4v) is 2.82. The fourth-order valence-electron chi connectivity index (χ4n) is 2.82. The number of hydrogen-bond donors (Lipinski definition) is 2. The summed E-state index contributed by atoms with van der Waals surface area (Å²) in [5.41, 5.74) is 0. The molecule has 0 aromatic carbocycles. The zero-order chi connectivity index (χ0) is 14.7. The van der Waals surface area contributed by atoms with Gasteiger partial charge >= 0.3 is 5.97 Å². The topological polar surface area (TPSA) is 79.5 Å². The van der Waals surface area contributed by atoms with Crippen molar-refractivity contribution in [2.75, 3.05) is 0 Å². The molecule has 0 saturated heterocycles. The van der Waals surface area contributed by atoms with Crippen LogP contribution in [0.15, 0.2) is 16.5 Å². The molecule has 1 aliphatic carbocycles. The normalized spacial score (nSPS) is 24.1. The second-order valence-electron chi connectivity index (χ2n) is 5.51. The van der Waals surface area contributed by atoms with Crippen molar-refractivity contribution < 1.29 is 19.1 Å². The molecule has 0 spiro atoms. The Hall–Kier alpha value is -1.78. The largest absolute Gasteiger partial charge is 0.481 e. The molecule has 0 radical (unpaired) electrons. The molecular weight excluding hydrogens is 258 g/mol. The van der Waals surface area contributed by atoms with Crippen molar-refractivity contribution >= 4 is 11.9 Å². The van der Waals surface area contributed by atoms with Crippen molar-refractivity contribution in [1.82, 2.24) is 5.32 Å². The van der Waals surface area contributed by atoms with E-state index in [4.69, 9.17) is 4.42 Å². The van der Waals surface area contributed by atoms with Crippen LogP contribution in [0.1, 0.15) is 50.2 Å². The standard InChI is InChI=1S/C15H21NO4/c1-9-7-8-13(20-9)10(2)16-14(17)11-5-3-4-6-12(11)15(18)19/h7-8,10-12H,3-6H2,1-2H3,(H,16,17)(H,18,19). The van der Waals surface area contributed by atoms with Crippen LogP contribution in [0, 0.1) is 18.8 Å². The number of carboxylic acid groups (broad SMARTS) is 1. The summed E-state index contributed by atoms with van der Waals surface area (Å²) < 4.78 is 5.48. The number of amides is 1. The van der Waals surface area contributed by atoms with Crippen molar-refractivity contribution in [3.05, 3.63) is 23.7 Å². The maximum Gasteiger partial charge on any atom is 0.307 e. The molecule has 110 valence electrons. The molecule has 1 fully saturated rings. The van der Waals surface area contributed by atoms with Crippen molar-refractivity contribution in [3.8, 4) is 0 Å². The van der Waals surface area contributed by atoms with E-state index in [1.165, 1.54) is 0 Å². The van der Waals surface area contributed by atoms with Gasteiger partial charge in [-0.05, 0) is 38.8 Å². The minimum atomic E-state index is -0.869. The number of carbonyl (C=O) groups excluding carboxylic acids is 1. The molecule has 0 bridgehead atoms. The van der Waals surface area contributed by atoms with E-state index in [1.807, 2.05) is 26.0 Å². The summed E-state index contributed by atoms with van der Waals surface area (Å²) in [6.07, 6.45) is 3.03. The quantitative estimate of drug-likeness (QED) is 0.888. The highest BCUT2D eigenvalue weighted by Crippen LogP contribution is 2.31. The average Bonchev–Trinajstić information content (AvgIpc) is 2.85. The molecule has 20 heavy (non-hydrogen) atoms. The van der Waals surface area contributed by atoms with Gasteiger partial charge in [0.05, 0.1) is 17.9 Å². The Morgan fingerprint density at radius 1 is 1.30 bits per heavy atom. The molecule has 0 aliphatic heterocycles. The number of hydrogen-bond acceptors (Lipinski definition) is 3. The number of aliphatic carboxylic acids is 1. The summed E-state index contributed by atoms with van der Waals surface area (Å²) in [6.45, 7) is 3.69. The van der Waals surface area contributed by atoms with Gasteiger partial charge in [0.1, 0.15) is 11.5 Å². The predicted molar refractivity (Wildman–Crippen MR) is 73.1 cm³/mol. The van der Waals surface area contributed by atoms with E-state index in [1.54, 1.807) is 0 Å². The SMILES string of the molecule is Cc1ccc(C(C)NC(=O)C2CCCCC2C(=O)O)o1. The van der Waals surface area contributed by atoms with Crippen molar-refractivity contribution in [3.63, 3.8) is 0 Å². The lowest BCUT2D eigenvalue weighted by atomic mass is 9.78. The third-order valence-electron chi connectivity index (χ3n) is 3.97. The van der Waals surface area contributed by atoms with Gasteiger partial charge in [-0.3, -0.25) is 9.59 Å². The van der Waals surface area contributed by atoms with Crippen LogP contribution in [-0.4, -0.2) is 17.0 Å². The zero-order valence-corrected chi connectivity index (χ0v) is 11.9. The number of carboxylic acids is 1. The Morgan fingerprint density at radius 2 is 1.95 bits per heavy atom. The smallest absolute Gasteiger partial charge is 0.307 e. The summed E-state index contributed by atoms with van der Waals surface area (Å²) in [5, 5.41) is 12.1. The van der Waals surface area contributed by atoms with Crippen LogP contribution >= 0.6 is 0 Å². The predicted octanol–water partition coefficient (Wildman–Crippen LogP) is 2.66. The van der Waals surface area contributed by atoms with Gasteiger partial charge in [-0.25, -0.2) is 0 Å². The Kier molecular flexibility index (Phi) is 4.47. The Morgan fingerprint density at radius 3 is 2.50 bits per heavy atom. The van der Waals surface area contributed by atoms with Gasteiger partial charge < -0.3 is 14.8 Å². The lowest BCUT2D eigenvalue weighted by Crippen LogP contribution is -2.40. The third-order valence-corrected chi connectivity index (χ3v) is 3.97. The van der Waals surface area contributed by atoms with Crippen molar-refractivity contribution in [1.29, 1.82) is 0 Å². The molecule has 2 N–H and O–H groups in total. The Balaban J connectivity index is 2.01. The molecule has 1 aromatic rings. The highest BCUT2D eigenvalue weighted by molar-refractivity contribution is 5.85. The van der Waals surface area contributed by atoms with Gasteiger partial charge in [-0.15, -0.1) is 0 Å². The van der Waals surface area contributed by atoms with E-state index in [-0.39, 0.29) is 11.9 Å². The first-order valence-corrected chi connectivity index (χ1v) is 7.08. The van der Waals surface area contributed by atoms with Crippen LogP contribution in [0.25, 0.3) is 0 Å². The van der Waals surface area contributed by atoms with Crippen LogP contribution in [0.5, 0.6) is 0 Å². The third kappa shape index (κ3) is 3.21. The van der Waals surface area contributed by atoms with Crippen LogP contribution in [0.2, 0.25) is 0 Å². The minimum Gasteiger partial charge on any atom is -0.481 e. The molecule has 1 amide bonds. The lowest BCUT2D eigenvalue weighted by Gasteiger charge is -2.28. The molecule has 1 aromatic heterocycles. The molecule has 5 nitrogen and oxygen atoms in total. The van der Waals surface area contributed by atoms with Crippen LogP contribution in [-0.2, 0) is 9.59 Å². The molecule has 3 unspecified atom stereocenters. The van der Waals surface area contributed by atoms with E-state index < -0.39 is 17.8 Å². The van der Waals surface area contributed by atoms with E-state index in [9.17, 15) is 14.7 Å². The maximum atomic E-state index is 12.3. The molecule has 5 heteroatoms. The molecule has 3 atom stereocenters. The second-order valence-corrected chi connectivity index (χ2v) is 5.51. The van der Waals surface area contributed by atoms with Gasteiger partial charge in [0, 0.05) is 0 Å². The first kappa shape index (κ1) is 14.6. The average molecular weight is 279 g/mol. The monoisotopic (exact) mass is 279 g/mol. The molecular formula is C15H21NO4. The first-order chi connectivity index (χ1) is 9.49. The van der Waals surface area contributed by atoms with E-state index in [0.29, 0.717) is 18.6 Å². The summed E-state index contributed by atoms with van der Waals surface area (Å²) >= 11 is 0. The van der Waals surface area contributed by atoms with E-state index >= 15 is 0 Å². The lowest BCUT2D eigenvalue weighted by molar-refractivity contribution is -0.149. The van der Waals surface area contributed by atoms with Gasteiger partial charge in [-0.1, -0.05) is 12.8 Å². The zero-order valence-electron chi connectivity index (χ0n) is 11.9. The van der Waals surface area contributed by atoms with Gasteiger partial charge in [-0.2, -0.15) is 0 Å². The van der Waals surface area contributed by atoms with Gasteiger partial charge in [0.25, 0.3) is 0 Å². The van der Waals surface area contributed by atoms with Gasteiger partial charge in [0.2, 0.25) is 5.91 Å². The highest BCUT2D eigenvalue weighted by Gasteiger charge is 2.36. The summed E-state index contributed by atoms with van der Waals surface area (Å²) in [7, 11) is 0. The number of nitrogens with one attached hydrogen (secondary N) is 1. The van der Waals surface area contributed by atoms with Crippen molar-refractivity contribution in [2.24, 2.45) is 11.8 Å². The number of rotatable bonds is 4. The van der Waals surface area contributed by atoms with Gasteiger partial charge in [0.15, 0.2) is 0 Å². The summed E-state index contributed by atoms with van der Waals surface area (Å²) in [5.74, 6) is -0.556. The highest BCUT2D eigenvalue weighted by atomic mass is 16.4. The number of aryl methyl sites for hydroxylation is 1. The number of carbonyl (C=O) groups is 2. The minimum absolute atomic E-state index is 0.182. The number of furan rings is 1. The maximum absolute atomic E-state index is 12.3. The van der Waals surface area contributed by atoms with Crippen LogP contribution < -0.4 is 5.32 Å². The molecule has 2 rings (SSSR count). The van der Waals surface area contributed by atoms with E-state index in [2.05, 4.69) is 5.32 Å². The van der Waals surface area contributed by atoms with Crippen molar-refractivity contribution in [2.45, 2.75) is 45.6 Å². The second kappa shape index (κ2) is 6.11. The summed E-state index contributed by atoms with van der Waals surface area (Å²) in [4.78, 5) is 23.5. The fraction of sp³-hybridized carbons (Fsp3) is 0.600. The Labute approximate surface area is 118 Å². The van der Waals surface area contributed by atoms with Crippen LogP contribution in [0.4, 0.5) is 0 Å². The van der Waals surface area contributed by atoms with E-state index in [0.717, 1.165) is 18.6 Å². The molecule has 1 heterocycles. The molecule has 1 aliphatic rings. The first-order valence-electron chi connectivity index (χ1n) is 7.08. The van der Waals surface area contributed by atoms with Crippen LogP contribution in [0.3, 0.4) is 0 Å². The Bertz CT molecular complexity index is 494.